The van der Waals surface area contributed by atoms with Crippen molar-refractivity contribution in [2.45, 2.75) is 147 Å². The third-order valence-corrected chi connectivity index (χ3v) is 15.0. The second-order valence-electron chi connectivity index (χ2n) is 19.2. The quantitative estimate of drug-likeness (QED) is 0.0433. The van der Waals surface area contributed by atoms with Gasteiger partial charge < -0.3 is 25.8 Å². The lowest BCUT2D eigenvalue weighted by atomic mass is 9.76. The molecule has 2 aromatic heterocycles. The lowest BCUT2D eigenvalue weighted by Gasteiger charge is -2.29. The van der Waals surface area contributed by atoms with E-state index >= 15 is 0 Å². The lowest BCUT2D eigenvalue weighted by molar-refractivity contribution is -0.125. The Morgan fingerprint density at radius 1 is 0.597 bits per heavy atom. The number of nitrogens with two attached hydrogens (primary N) is 1. The summed E-state index contributed by atoms with van der Waals surface area (Å²) < 4.78 is 10.9. The van der Waals surface area contributed by atoms with E-state index in [-0.39, 0.29) is 55.6 Å². The van der Waals surface area contributed by atoms with Gasteiger partial charge >= 0.3 is 12.2 Å². The van der Waals surface area contributed by atoms with E-state index in [0.29, 0.717) is 12.2 Å². The molecule has 4 atom stereocenters. The van der Waals surface area contributed by atoms with Gasteiger partial charge in [-0.1, -0.05) is 154 Å². The molecule has 4 aromatic carbocycles. The summed E-state index contributed by atoms with van der Waals surface area (Å²) in [6, 6.07) is 41.1. The van der Waals surface area contributed by atoms with Crippen molar-refractivity contribution in [3.8, 4) is 0 Å². The number of nitrogens with zero attached hydrogens (tertiary/aromatic N) is 2. The maximum absolute atomic E-state index is 13.6. The van der Waals surface area contributed by atoms with Crippen LogP contribution in [0.25, 0.3) is 0 Å². The number of alkyl carbamates (subject to hydrolysis) is 2. The maximum atomic E-state index is 13.6. The predicted molar refractivity (Wildman–Crippen MR) is 295 cm³/mol. The molecule has 2 amide bonds. The molecule has 0 bridgehead atoms. The Morgan fingerprint density at radius 2 is 1.04 bits per heavy atom. The van der Waals surface area contributed by atoms with Gasteiger partial charge in [0.25, 0.3) is 0 Å². The van der Waals surface area contributed by atoms with Crippen molar-refractivity contribution in [1.29, 1.82) is 0 Å². The molecule has 7 rings (SSSR count). The fraction of sp³-hybridized carbons (Fsp3) is 0.441. The van der Waals surface area contributed by atoms with E-state index in [1.165, 1.54) is 83.5 Å². The number of carbonyl (C=O) groups excluding carboxylic acids is 3. The molecule has 1 fully saturated rings. The molecule has 2 heterocycles. The number of thiazole rings is 2. The minimum atomic E-state index is -0.407. The minimum absolute atomic E-state index is 0. The van der Waals surface area contributed by atoms with Crippen LogP contribution in [0.4, 0.5) is 9.59 Å². The van der Waals surface area contributed by atoms with Crippen LogP contribution in [-0.2, 0) is 53.2 Å². The Balaban J connectivity index is 0.000000281. The fourth-order valence-corrected chi connectivity index (χ4v) is 10.6. The van der Waals surface area contributed by atoms with Gasteiger partial charge in [0.05, 0.1) is 20.8 Å². The van der Waals surface area contributed by atoms with Crippen molar-refractivity contribution in [3.63, 3.8) is 0 Å². The number of amides is 2. The molecule has 0 aliphatic heterocycles. The lowest BCUT2D eigenvalue weighted by Crippen LogP contribution is -2.38. The smallest absolute Gasteiger partial charge is 0.407 e. The second kappa shape index (κ2) is 33.4. The Labute approximate surface area is 442 Å². The summed E-state index contributed by atoms with van der Waals surface area (Å²) in [5.74, 6) is 1.71. The van der Waals surface area contributed by atoms with Crippen molar-refractivity contribution in [2.24, 2.45) is 23.5 Å². The SMILES string of the molecule is CCCCCC1CCC(C(=O)C[C@H](CC[C@H](Cc2ccccc2)NC(=O)OCc2cncs2)Cc2ccccc2)CC1.Cl.N[C@H](CC[C@H](Cc1ccccc1)NC(=O)OCc1cncs1)Cc1ccccc1. The number of aromatic nitrogens is 2. The maximum Gasteiger partial charge on any atom is 0.407 e. The molecule has 10 nitrogen and oxygen atoms in total. The first-order valence-corrected chi connectivity index (χ1v) is 27.6. The number of Topliss-reactive ketones (excluding diaryl/α,β-unsaturated/α-hetero) is 1. The number of halogens is 1. The first-order chi connectivity index (χ1) is 34.8. The highest BCUT2D eigenvalue weighted by Crippen LogP contribution is 2.34. The Hall–Kier alpha value is -5.40. The van der Waals surface area contributed by atoms with Crippen LogP contribution in [0.15, 0.2) is 145 Å². The van der Waals surface area contributed by atoms with E-state index in [2.05, 4.69) is 88.2 Å². The highest BCUT2D eigenvalue weighted by atomic mass is 35.5. The van der Waals surface area contributed by atoms with Crippen LogP contribution in [0.5, 0.6) is 0 Å². The van der Waals surface area contributed by atoms with Crippen LogP contribution in [-0.4, -0.2) is 46.1 Å². The molecule has 6 aromatic rings. The molecule has 4 N–H and O–H groups in total. The van der Waals surface area contributed by atoms with Crippen LogP contribution < -0.4 is 16.4 Å². The van der Waals surface area contributed by atoms with Crippen LogP contribution >= 0.6 is 35.1 Å². The third-order valence-electron chi connectivity index (χ3n) is 13.5. The number of nitrogens with one attached hydrogen (secondary N) is 2. The summed E-state index contributed by atoms with van der Waals surface area (Å²) in [5.41, 5.74) is 14.7. The van der Waals surface area contributed by atoms with Crippen LogP contribution in [0.2, 0.25) is 0 Å². The van der Waals surface area contributed by atoms with E-state index in [0.717, 1.165) is 79.9 Å². The first-order valence-electron chi connectivity index (χ1n) is 25.8. The molecule has 0 saturated heterocycles. The third kappa shape index (κ3) is 22.6. The summed E-state index contributed by atoms with van der Waals surface area (Å²) >= 11 is 2.94. The Kier molecular flexibility index (Phi) is 26.6. The predicted octanol–water partition coefficient (Wildman–Crippen LogP) is 13.7. The number of hydrogen-bond donors (Lipinski definition) is 3. The number of carbonyl (C=O) groups is 3. The zero-order valence-corrected chi connectivity index (χ0v) is 44.4. The van der Waals surface area contributed by atoms with Gasteiger partial charge in [-0.25, -0.2) is 9.59 Å². The van der Waals surface area contributed by atoms with Crippen molar-refractivity contribution < 1.29 is 23.9 Å². The average molecular weight is 1030 g/mol. The van der Waals surface area contributed by atoms with Gasteiger partial charge in [-0.05, 0) is 111 Å². The molecular formula is C59H76ClN5O5S2. The highest BCUT2D eigenvalue weighted by molar-refractivity contribution is 7.09. The number of hydrogen-bond acceptors (Lipinski definition) is 10. The largest absolute Gasteiger partial charge is 0.444 e. The fourth-order valence-electron chi connectivity index (χ4n) is 9.57. The number of ether oxygens (including phenoxy) is 2. The highest BCUT2D eigenvalue weighted by Gasteiger charge is 2.28. The molecule has 72 heavy (non-hydrogen) atoms. The zero-order chi connectivity index (χ0) is 49.7. The first kappa shape index (κ1) is 57.5. The number of benzene rings is 4. The molecule has 1 saturated carbocycles. The molecule has 386 valence electrons. The van der Waals surface area contributed by atoms with Gasteiger partial charge in [0.1, 0.15) is 19.0 Å². The van der Waals surface area contributed by atoms with Crippen molar-refractivity contribution in [1.82, 2.24) is 20.6 Å². The number of rotatable bonds is 27. The van der Waals surface area contributed by atoms with Crippen LogP contribution in [0.3, 0.4) is 0 Å². The van der Waals surface area contributed by atoms with E-state index in [1.807, 2.05) is 60.7 Å². The van der Waals surface area contributed by atoms with Gasteiger partial charge in [-0.3, -0.25) is 14.8 Å². The number of unbranched alkanes of at least 4 members (excludes halogenated alkanes) is 2. The second-order valence-corrected chi connectivity index (χ2v) is 21.1. The van der Waals surface area contributed by atoms with E-state index < -0.39 is 12.2 Å². The van der Waals surface area contributed by atoms with Gasteiger partial charge in [-0.15, -0.1) is 35.1 Å². The van der Waals surface area contributed by atoms with Gasteiger partial charge in [-0.2, -0.15) is 0 Å². The molecule has 1 aliphatic rings. The molecule has 0 unspecified atom stereocenters. The van der Waals surface area contributed by atoms with Gasteiger partial charge in [0.15, 0.2) is 0 Å². The zero-order valence-electron chi connectivity index (χ0n) is 42.0. The normalized spacial score (nSPS) is 15.8. The summed E-state index contributed by atoms with van der Waals surface area (Å²) in [7, 11) is 0. The van der Waals surface area contributed by atoms with Crippen molar-refractivity contribution in [3.05, 3.63) is 177 Å². The minimum Gasteiger partial charge on any atom is -0.444 e. The monoisotopic (exact) mass is 1030 g/mol. The van der Waals surface area contributed by atoms with E-state index in [9.17, 15) is 14.4 Å². The Bertz CT molecular complexity index is 2340. The summed E-state index contributed by atoms with van der Waals surface area (Å²) in [4.78, 5) is 48.5. The van der Waals surface area contributed by atoms with E-state index in [4.69, 9.17) is 15.2 Å². The van der Waals surface area contributed by atoms with Gasteiger partial charge in [0.2, 0.25) is 0 Å². The van der Waals surface area contributed by atoms with Crippen molar-refractivity contribution >= 4 is 53.1 Å². The summed E-state index contributed by atoms with van der Waals surface area (Å²) in [6.07, 6.45) is 19.5. The van der Waals surface area contributed by atoms with Crippen molar-refractivity contribution in [2.75, 3.05) is 0 Å². The standard InChI is InChI=1S/C36H48N2O3S.C23H27N3O2S.ClH/c1-2-3-6-11-28-16-19-32(20-17-28)35(39)24-31(22-29-12-7-4-8-13-29)18-21-33(23-30-14-9-5-10-15-30)38-36(40)41-26-34-25-37-27-42-34;24-20(13-18-7-3-1-4-8-18)11-12-21(14-19-9-5-2-6-10-19)26-23(27)28-16-22-15-25-17-29-22;/h4-5,7-10,12-15,25,27-28,31-33H,2-3,6,11,16-24,26H2,1H3,(H,38,40);1-10,15,17,20-21H,11-14,16,24H2,(H,26,27);1H/t28?,31-,32?,33-;20-,21-;/m11./s1. The molecular weight excluding hydrogens is 958 g/mol. The topological polar surface area (TPSA) is 146 Å². The summed E-state index contributed by atoms with van der Waals surface area (Å²) in [5, 5.41) is 6.14. The summed E-state index contributed by atoms with van der Waals surface area (Å²) in [6.45, 7) is 2.72. The Morgan fingerprint density at radius 3 is 1.49 bits per heavy atom. The molecule has 0 radical (unpaired) electrons. The molecule has 0 spiro atoms. The molecule has 13 heteroatoms. The van der Waals surface area contributed by atoms with Crippen LogP contribution in [0, 0.1) is 17.8 Å². The average Bonchev–Trinajstić information content (AvgIpc) is 4.13. The van der Waals surface area contributed by atoms with Gasteiger partial charge in [0, 0.05) is 42.9 Å². The molecule has 1 aliphatic carbocycles. The van der Waals surface area contributed by atoms with E-state index in [1.54, 1.807) is 23.4 Å². The van der Waals surface area contributed by atoms with Crippen LogP contribution in [0.1, 0.15) is 122 Å². The number of ketones is 1.